The topological polar surface area (TPSA) is 71.1 Å². The van der Waals surface area contributed by atoms with E-state index in [2.05, 4.69) is 5.16 Å². The van der Waals surface area contributed by atoms with Crippen molar-refractivity contribution < 1.29 is 9.94 Å². The molecule has 0 heterocycles. The summed E-state index contributed by atoms with van der Waals surface area (Å²) >= 11 is 5.99. The highest BCUT2D eigenvalue weighted by Crippen LogP contribution is 2.25. The number of rotatable bonds is 5. The Hall–Kier alpha value is -1.46. The van der Waals surface area contributed by atoms with Crippen LogP contribution in [0.5, 0.6) is 0 Å². The number of nitrogens with two attached hydrogens (primary N) is 1. The number of amidine groups is 1. The van der Waals surface area contributed by atoms with Gasteiger partial charge in [-0.15, -0.1) is 0 Å². The van der Waals surface area contributed by atoms with Crippen LogP contribution in [0.3, 0.4) is 0 Å². The Morgan fingerprint density at radius 3 is 2.83 bits per heavy atom. The molecule has 0 bridgehead atoms. The van der Waals surface area contributed by atoms with Crippen molar-refractivity contribution >= 4 is 23.1 Å². The largest absolute Gasteiger partial charge is 0.409 e. The van der Waals surface area contributed by atoms with Gasteiger partial charge in [0, 0.05) is 36.5 Å². The minimum absolute atomic E-state index is 0.0538. The number of nitrogens with zero attached hydrogens (tertiary/aromatic N) is 2. The van der Waals surface area contributed by atoms with Crippen LogP contribution in [0.25, 0.3) is 0 Å². The number of ether oxygens (including phenoxy) is 1. The van der Waals surface area contributed by atoms with Crippen LogP contribution in [0, 0.1) is 0 Å². The van der Waals surface area contributed by atoms with Crippen molar-refractivity contribution in [2.75, 3.05) is 25.7 Å². The van der Waals surface area contributed by atoms with Crippen LogP contribution in [0.2, 0.25) is 5.02 Å². The van der Waals surface area contributed by atoms with E-state index >= 15 is 0 Å². The zero-order valence-electron chi connectivity index (χ0n) is 10.7. The van der Waals surface area contributed by atoms with E-state index in [4.69, 9.17) is 27.3 Å². The molecule has 0 aliphatic carbocycles. The van der Waals surface area contributed by atoms with Gasteiger partial charge in [-0.3, -0.25) is 0 Å². The van der Waals surface area contributed by atoms with E-state index in [1.54, 1.807) is 25.3 Å². The number of methoxy groups -OCH3 is 1. The number of likely N-dealkylation sites (N-methyl/N-ethyl adjacent to an activating group) is 1. The maximum atomic E-state index is 8.79. The predicted octanol–water partition coefficient (Wildman–Crippen LogP) is 1.91. The smallest absolute Gasteiger partial charge is 0.172 e. The average molecular weight is 272 g/mol. The van der Waals surface area contributed by atoms with Gasteiger partial charge >= 0.3 is 0 Å². The monoisotopic (exact) mass is 271 g/mol. The van der Waals surface area contributed by atoms with Gasteiger partial charge in [0.2, 0.25) is 0 Å². The van der Waals surface area contributed by atoms with E-state index in [1.807, 2.05) is 18.9 Å². The summed E-state index contributed by atoms with van der Waals surface area (Å²) < 4.78 is 5.12. The molecule has 0 saturated heterocycles. The van der Waals surface area contributed by atoms with Crippen molar-refractivity contribution in [3.05, 3.63) is 28.8 Å². The molecule has 0 aliphatic heterocycles. The number of hydrogen-bond donors (Lipinski definition) is 2. The van der Waals surface area contributed by atoms with Gasteiger partial charge in [-0.2, -0.15) is 0 Å². The van der Waals surface area contributed by atoms with Gasteiger partial charge in [-0.25, -0.2) is 0 Å². The van der Waals surface area contributed by atoms with E-state index in [0.717, 1.165) is 5.69 Å². The summed E-state index contributed by atoms with van der Waals surface area (Å²) in [4.78, 5) is 1.97. The highest BCUT2D eigenvalue weighted by molar-refractivity contribution is 6.31. The van der Waals surface area contributed by atoms with Gasteiger partial charge in [0.1, 0.15) is 0 Å². The summed E-state index contributed by atoms with van der Waals surface area (Å²) in [7, 11) is 3.55. The Morgan fingerprint density at radius 1 is 1.61 bits per heavy atom. The second kappa shape index (κ2) is 6.47. The molecule has 1 aromatic carbocycles. The Morgan fingerprint density at radius 2 is 2.28 bits per heavy atom. The summed E-state index contributed by atoms with van der Waals surface area (Å²) in [6.07, 6.45) is 0. The normalized spacial score (nSPS) is 13.4. The van der Waals surface area contributed by atoms with E-state index in [9.17, 15) is 0 Å². The molecule has 18 heavy (non-hydrogen) atoms. The highest BCUT2D eigenvalue weighted by atomic mass is 35.5. The zero-order chi connectivity index (χ0) is 13.7. The lowest BCUT2D eigenvalue weighted by Gasteiger charge is -2.28. The Labute approximate surface area is 112 Å². The third-order valence-corrected chi connectivity index (χ3v) is 3.03. The molecule has 3 N–H and O–H groups in total. The molecule has 0 amide bonds. The quantitative estimate of drug-likeness (QED) is 0.371. The molecule has 5 nitrogen and oxygen atoms in total. The number of benzene rings is 1. The van der Waals surface area contributed by atoms with Crippen molar-refractivity contribution in [1.82, 2.24) is 0 Å². The van der Waals surface area contributed by atoms with E-state index < -0.39 is 0 Å². The van der Waals surface area contributed by atoms with Crippen molar-refractivity contribution in [3.8, 4) is 0 Å². The number of halogens is 1. The van der Waals surface area contributed by atoms with Gasteiger partial charge in [0.25, 0.3) is 0 Å². The number of oxime groups is 1. The molecule has 0 radical (unpaired) electrons. The van der Waals surface area contributed by atoms with Crippen molar-refractivity contribution in [2.45, 2.75) is 13.0 Å². The van der Waals surface area contributed by atoms with Crippen molar-refractivity contribution in [2.24, 2.45) is 10.9 Å². The lowest BCUT2D eigenvalue weighted by atomic mass is 10.1. The molecule has 0 aliphatic rings. The van der Waals surface area contributed by atoms with Gasteiger partial charge < -0.3 is 20.6 Å². The fourth-order valence-corrected chi connectivity index (χ4v) is 1.82. The molecule has 6 heteroatoms. The molecular weight excluding hydrogens is 254 g/mol. The Balaban J connectivity index is 3.16. The molecule has 0 aromatic heterocycles. The van der Waals surface area contributed by atoms with Crippen LogP contribution in [0.15, 0.2) is 23.4 Å². The van der Waals surface area contributed by atoms with Crippen LogP contribution >= 0.6 is 11.6 Å². The standard InChI is InChI=1S/C12H18ClN3O2/c1-8(7-18-3)16(2)11-6-9(13)4-5-10(11)12(14)15-17/h4-6,8,17H,7H2,1-3H3,(H2,14,15). The summed E-state index contributed by atoms with van der Waals surface area (Å²) in [6.45, 7) is 2.58. The lowest BCUT2D eigenvalue weighted by molar-refractivity contribution is 0.183. The summed E-state index contributed by atoms with van der Waals surface area (Å²) in [5.41, 5.74) is 7.08. The molecule has 0 fully saturated rings. The first-order valence-corrected chi connectivity index (χ1v) is 5.88. The minimum atomic E-state index is 0.0538. The van der Waals surface area contributed by atoms with Gasteiger partial charge in [-0.05, 0) is 25.1 Å². The van der Waals surface area contributed by atoms with Gasteiger partial charge in [-0.1, -0.05) is 16.8 Å². The molecule has 0 saturated carbocycles. The van der Waals surface area contributed by atoms with E-state index in [1.165, 1.54) is 0 Å². The number of hydrogen-bond acceptors (Lipinski definition) is 4. The fraction of sp³-hybridized carbons (Fsp3) is 0.417. The molecule has 1 aromatic rings. The molecule has 1 unspecified atom stereocenters. The van der Waals surface area contributed by atoms with Crippen LogP contribution in [-0.2, 0) is 4.74 Å². The Bertz CT molecular complexity index is 437. The van der Waals surface area contributed by atoms with Crippen LogP contribution in [-0.4, -0.2) is 37.8 Å². The summed E-state index contributed by atoms with van der Waals surface area (Å²) in [5, 5.41) is 12.4. The van der Waals surface area contributed by atoms with E-state index in [-0.39, 0.29) is 11.9 Å². The molecule has 0 spiro atoms. The molecule has 1 rings (SSSR count). The maximum absolute atomic E-state index is 8.79. The van der Waals surface area contributed by atoms with Crippen molar-refractivity contribution in [1.29, 1.82) is 0 Å². The third-order valence-electron chi connectivity index (χ3n) is 2.79. The summed E-state index contributed by atoms with van der Waals surface area (Å²) in [6, 6.07) is 5.34. The first-order valence-electron chi connectivity index (χ1n) is 5.50. The number of anilines is 1. The van der Waals surface area contributed by atoms with Crippen LogP contribution in [0.1, 0.15) is 12.5 Å². The second-order valence-electron chi connectivity index (χ2n) is 4.06. The zero-order valence-corrected chi connectivity index (χ0v) is 11.5. The lowest BCUT2D eigenvalue weighted by Crippen LogP contribution is -2.34. The van der Waals surface area contributed by atoms with Gasteiger partial charge in [0.15, 0.2) is 5.84 Å². The van der Waals surface area contributed by atoms with Gasteiger partial charge in [0.05, 0.1) is 6.61 Å². The predicted molar refractivity (Wildman–Crippen MR) is 73.7 cm³/mol. The highest BCUT2D eigenvalue weighted by Gasteiger charge is 2.16. The first kappa shape index (κ1) is 14.6. The van der Waals surface area contributed by atoms with Crippen LogP contribution in [0.4, 0.5) is 5.69 Å². The third kappa shape index (κ3) is 3.27. The minimum Gasteiger partial charge on any atom is -0.409 e. The maximum Gasteiger partial charge on any atom is 0.172 e. The Kier molecular flexibility index (Phi) is 5.25. The molecule has 1 atom stereocenters. The average Bonchev–Trinajstić information content (AvgIpc) is 2.37. The first-order chi connectivity index (χ1) is 8.51. The second-order valence-corrected chi connectivity index (χ2v) is 4.50. The molecule has 100 valence electrons. The fourth-order valence-electron chi connectivity index (χ4n) is 1.66. The molecular formula is C12H18ClN3O2. The van der Waals surface area contributed by atoms with E-state index in [0.29, 0.717) is 17.2 Å². The van der Waals surface area contributed by atoms with Crippen molar-refractivity contribution in [3.63, 3.8) is 0 Å². The van der Waals surface area contributed by atoms with Crippen LogP contribution < -0.4 is 10.6 Å². The SMILES string of the molecule is COCC(C)N(C)c1cc(Cl)ccc1C(N)=NO. The summed E-state index contributed by atoms with van der Waals surface area (Å²) in [5.74, 6) is 0.0538.